The first kappa shape index (κ1) is 53.8. The number of rotatable bonds is 25. The number of hydrogen-bond donors (Lipinski definition) is 5. The third kappa shape index (κ3) is 15.9. The summed E-state index contributed by atoms with van der Waals surface area (Å²) in [6.45, 7) is 20.6. The van der Waals surface area contributed by atoms with Gasteiger partial charge in [-0.1, -0.05) is 53.1 Å². The molecule has 0 spiro atoms. The van der Waals surface area contributed by atoms with Crippen LogP contribution >= 0.6 is 11.6 Å². The molecule has 1 saturated heterocycles. The van der Waals surface area contributed by atoms with E-state index in [4.69, 9.17) is 16.3 Å². The largest absolute Gasteiger partial charge is 0.450 e. The summed E-state index contributed by atoms with van der Waals surface area (Å²) in [5.74, 6) is -0.349. The molecule has 0 aliphatic carbocycles. The Morgan fingerprint density at radius 1 is 0.806 bits per heavy atom. The van der Waals surface area contributed by atoms with Gasteiger partial charge in [0.2, 0.25) is 17.6 Å². The zero-order chi connectivity index (χ0) is 49.1. The van der Waals surface area contributed by atoms with Crippen LogP contribution in [-0.4, -0.2) is 113 Å². The maximum Gasteiger partial charge on any atom is 0.316 e. The van der Waals surface area contributed by atoms with E-state index in [0.29, 0.717) is 85.8 Å². The molecule has 5 N–H and O–H groups in total. The molecular formula is C50H69ClFN9O6. The molecule has 364 valence electrons. The van der Waals surface area contributed by atoms with E-state index in [-0.39, 0.29) is 42.2 Å². The molecule has 1 heterocycles. The fourth-order valence-electron chi connectivity index (χ4n) is 7.63. The van der Waals surface area contributed by atoms with Gasteiger partial charge in [-0.25, -0.2) is 4.39 Å². The van der Waals surface area contributed by atoms with Gasteiger partial charge in [0.25, 0.3) is 0 Å². The number of carbonyl (C=O) groups is 3. The summed E-state index contributed by atoms with van der Waals surface area (Å²) >= 11 is 6.12. The van der Waals surface area contributed by atoms with Gasteiger partial charge >= 0.3 is 5.91 Å². The monoisotopic (exact) mass is 946 g/mol. The summed E-state index contributed by atoms with van der Waals surface area (Å²) in [4.78, 5) is 44.3. The van der Waals surface area contributed by atoms with E-state index in [0.717, 1.165) is 41.8 Å². The van der Waals surface area contributed by atoms with Crippen molar-refractivity contribution >= 4 is 53.2 Å². The lowest BCUT2D eigenvalue weighted by atomic mass is 9.91. The van der Waals surface area contributed by atoms with Crippen LogP contribution in [0, 0.1) is 11.7 Å². The molecule has 17 heteroatoms. The minimum Gasteiger partial charge on any atom is -0.450 e. The second-order valence-electron chi connectivity index (χ2n) is 17.6. The molecule has 67 heavy (non-hydrogen) atoms. The van der Waals surface area contributed by atoms with Crippen LogP contribution in [0.2, 0.25) is 5.02 Å². The summed E-state index contributed by atoms with van der Waals surface area (Å²) in [7, 11) is 0. The van der Waals surface area contributed by atoms with Gasteiger partial charge in [0.1, 0.15) is 11.6 Å². The van der Waals surface area contributed by atoms with Crippen LogP contribution in [0.3, 0.4) is 0 Å². The second-order valence-corrected chi connectivity index (χ2v) is 18.1. The minimum atomic E-state index is -0.554. The van der Waals surface area contributed by atoms with Crippen LogP contribution in [-0.2, 0) is 14.4 Å². The number of piperazine rings is 1. The summed E-state index contributed by atoms with van der Waals surface area (Å²) in [5, 5.41) is 41.2. The molecule has 0 saturated carbocycles. The summed E-state index contributed by atoms with van der Waals surface area (Å²) in [5.41, 5.74) is 2.95. The molecule has 3 aromatic rings. The fourth-order valence-corrected chi connectivity index (χ4v) is 7.76. The Balaban J connectivity index is 1.32. The number of carbonyl (C=O) groups excluding carboxylic acids is 3. The Kier molecular flexibility index (Phi) is 20.8. The quantitative estimate of drug-likeness (QED) is 0.0183. The third-order valence-corrected chi connectivity index (χ3v) is 13.1. The van der Waals surface area contributed by atoms with Crippen molar-refractivity contribution in [3.63, 3.8) is 0 Å². The normalized spacial score (nSPS) is 15.3. The second kappa shape index (κ2) is 25.9. The van der Waals surface area contributed by atoms with Crippen molar-refractivity contribution < 1.29 is 33.9 Å². The molecule has 3 amide bonds. The van der Waals surface area contributed by atoms with Gasteiger partial charge in [-0.05, 0) is 152 Å². The van der Waals surface area contributed by atoms with Crippen LogP contribution in [0.4, 0.5) is 10.1 Å². The smallest absolute Gasteiger partial charge is 0.316 e. The number of hydrogen-bond acceptors (Lipinski definition) is 12. The van der Waals surface area contributed by atoms with E-state index in [1.54, 1.807) is 74.2 Å². The number of oxime groups is 2. The molecule has 1 aliphatic rings. The van der Waals surface area contributed by atoms with Crippen molar-refractivity contribution in [2.45, 2.75) is 104 Å². The molecule has 2 unspecified atom stereocenters. The Hall–Kier alpha value is -5.84. The maximum atomic E-state index is 14.2. The lowest BCUT2D eigenvalue weighted by Crippen LogP contribution is -2.49. The topological polar surface area (TPSA) is 184 Å². The predicted octanol–water partition coefficient (Wildman–Crippen LogP) is 8.45. The number of amides is 3. The van der Waals surface area contributed by atoms with Gasteiger partial charge in [-0.3, -0.25) is 14.4 Å². The molecule has 15 nitrogen and oxygen atoms in total. The van der Waals surface area contributed by atoms with Gasteiger partial charge in [-0.2, -0.15) is 10.1 Å². The summed E-state index contributed by atoms with van der Waals surface area (Å²) in [6, 6.07) is 19.9. The average Bonchev–Trinajstić information content (AvgIpc) is 3.33. The van der Waals surface area contributed by atoms with Crippen LogP contribution in [0.5, 0.6) is 5.75 Å². The lowest BCUT2D eigenvalue weighted by Gasteiger charge is -2.37. The van der Waals surface area contributed by atoms with E-state index >= 15 is 0 Å². The summed E-state index contributed by atoms with van der Waals surface area (Å²) < 4.78 is 19.9. The molecule has 4 rings (SSSR count). The first-order valence-corrected chi connectivity index (χ1v) is 23.3. The number of halogens is 2. The van der Waals surface area contributed by atoms with Gasteiger partial charge in [0.05, 0.1) is 33.9 Å². The van der Waals surface area contributed by atoms with Crippen LogP contribution < -0.4 is 25.7 Å². The number of anilines is 1. The van der Waals surface area contributed by atoms with E-state index in [1.165, 1.54) is 12.1 Å². The predicted molar refractivity (Wildman–Crippen MR) is 265 cm³/mol. The Labute approximate surface area is 400 Å². The fraction of sp³-hybridized carbons (Fsp3) is 0.480. The molecule has 1 fully saturated rings. The number of allylic oxidation sites excluding steroid dienone is 1. The highest BCUT2D eigenvalue weighted by Gasteiger charge is 2.30. The van der Waals surface area contributed by atoms with Gasteiger partial charge in [0, 0.05) is 57.3 Å². The molecule has 2 atom stereocenters. The Morgan fingerprint density at radius 2 is 1.36 bits per heavy atom. The zero-order valence-electron chi connectivity index (χ0n) is 40.1. The van der Waals surface area contributed by atoms with E-state index in [1.807, 2.05) is 44.7 Å². The molecule has 1 aliphatic heterocycles. The van der Waals surface area contributed by atoms with Crippen molar-refractivity contribution in [3.8, 4) is 16.9 Å². The molecule has 0 radical (unpaired) electrons. The average molecular weight is 947 g/mol. The van der Waals surface area contributed by atoms with Crippen LogP contribution in [0.15, 0.2) is 99.7 Å². The molecule has 0 bridgehead atoms. The van der Waals surface area contributed by atoms with Crippen molar-refractivity contribution in [2.75, 3.05) is 50.8 Å². The van der Waals surface area contributed by atoms with Crippen molar-refractivity contribution in [1.29, 1.82) is 0 Å². The van der Waals surface area contributed by atoms with E-state index in [2.05, 4.69) is 38.1 Å². The highest BCUT2D eigenvalue weighted by atomic mass is 35.5. The third-order valence-electron chi connectivity index (χ3n) is 12.9. The Bertz CT molecular complexity index is 2190. The van der Waals surface area contributed by atoms with Crippen LogP contribution in [0.1, 0.15) is 93.4 Å². The maximum absolute atomic E-state index is 14.2. The first-order valence-electron chi connectivity index (χ1n) is 22.9. The molecule has 3 aromatic carbocycles. The minimum absolute atomic E-state index is 0.0250. The SMILES string of the molecule is C=NN(C(=O)/C(Oc1ccc(-c2ccc(F)cc2)cc1)=C(\C)N1CCN(C(=O)CCCC(=O)NCCC(CCNC(C)(C)/C(C)=N\O)CCNC(C)(CC)/C(C)=N\O)CC1)c1ccc(Cl)cc1. The Morgan fingerprint density at radius 3 is 1.93 bits per heavy atom. The van der Waals surface area contributed by atoms with Gasteiger partial charge < -0.3 is 40.9 Å². The number of benzene rings is 3. The highest BCUT2D eigenvalue weighted by Crippen LogP contribution is 2.28. The number of nitrogens with zero attached hydrogens (tertiary/aromatic N) is 6. The molecular weight excluding hydrogens is 877 g/mol. The number of hydrazone groups is 1. The van der Waals surface area contributed by atoms with Crippen molar-refractivity contribution in [3.05, 3.63) is 95.1 Å². The highest BCUT2D eigenvalue weighted by molar-refractivity contribution is 6.30. The lowest BCUT2D eigenvalue weighted by molar-refractivity contribution is -0.133. The van der Waals surface area contributed by atoms with E-state index in [9.17, 15) is 29.2 Å². The van der Waals surface area contributed by atoms with Crippen molar-refractivity contribution in [1.82, 2.24) is 25.8 Å². The van der Waals surface area contributed by atoms with Gasteiger partial charge in [-0.15, -0.1) is 0 Å². The number of ether oxygens (including phenoxy) is 1. The summed E-state index contributed by atoms with van der Waals surface area (Å²) in [6.07, 6.45) is 4.03. The van der Waals surface area contributed by atoms with E-state index < -0.39 is 17.0 Å². The van der Waals surface area contributed by atoms with Crippen LogP contribution in [0.25, 0.3) is 11.1 Å². The first-order chi connectivity index (χ1) is 31.9. The van der Waals surface area contributed by atoms with Gasteiger partial charge in [0.15, 0.2) is 0 Å². The number of nitrogens with one attached hydrogen (secondary N) is 3. The van der Waals surface area contributed by atoms with Crippen molar-refractivity contribution in [2.24, 2.45) is 21.3 Å². The molecule has 0 aromatic heterocycles. The zero-order valence-corrected chi connectivity index (χ0v) is 40.8. The standard InChI is InChI=1S/C50H69ClFN9O6/c1-9-50(7,37(4)58-66)56-30-27-38(26-29-55-49(5,6)36(3)57-65)25-28-54-45(62)11-10-12-46(63)60-33-31-59(32-34-60)35(2)47(48(64)61(53-8)43-21-17-41(51)18-22-43)67-44-23-15-40(16-24-44)39-13-19-42(52)20-14-39/h13-24,38,55-56,65-66H,8-12,25-34H2,1-7H3,(H,54,62)/b47-35-,57-36-,58-37-.